The van der Waals surface area contributed by atoms with Gasteiger partial charge in [0.15, 0.2) is 0 Å². The van der Waals surface area contributed by atoms with Crippen molar-refractivity contribution in [2.24, 2.45) is 0 Å². The average molecular weight is 735 g/mol. The van der Waals surface area contributed by atoms with E-state index in [0.29, 0.717) is 7.25 Å². The van der Waals surface area contributed by atoms with Crippen LogP contribution in [0.5, 0.6) is 0 Å². The van der Waals surface area contributed by atoms with E-state index in [1.807, 2.05) is 0 Å². The van der Waals surface area contributed by atoms with E-state index in [4.69, 9.17) is 0 Å². The smallest absolute Gasteiger partial charge is 0.147 e. The average Bonchev–Trinajstić information content (AvgIpc) is 3.53. The first-order valence-corrected chi connectivity index (χ1v) is 29.6. The number of halogens is 2. The number of fused-ring (bicyclic) bond motifs is 4. The fourth-order valence-electron chi connectivity index (χ4n) is 8.99. The molecule has 6 aromatic carbocycles. The van der Waals surface area contributed by atoms with Crippen LogP contribution in [0, 0.1) is 0 Å². The molecule has 0 amide bonds. The van der Waals surface area contributed by atoms with Gasteiger partial charge in [-0.3, -0.25) is 0 Å². The summed E-state index contributed by atoms with van der Waals surface area (Å²) in [6, 6.07) is 50.4. The summed E-state index contributed by atoms with van der Waals surface area (Å²) in [5.74, 6) is 0. The minimum atomic E-state index is -3.96. The molecular formula is C42H40Cl2SiZr. The normalized spacial score (nSPS) is 17.5. The summed E-state index contributed by atoms with van der Waals surface area (Å²) in [6.45, 7) is 7.22. The topological polar surface area (TPSA) is 0 Å². The van der Waals surface area contributed by atoms with Crippen molar-refractivity contribution in [3.05, 3.63) is 167 Å². The van der Waals surface area contributed by atoms with E-state index in [2.05, 4.69) is 163 Å². The van der Waals surface area contributed by atoms with E-state index in [-0.39, 0.29) is 24.8 Å². The molecule has 2 aliphatic carbocycles. The molecule has 2 unspecified atom stereocenters. The second-order valence-electron chi connectivity index (χ2n) is 14.1. The molecule has 0 saturated heterocycles. The Morgan fingerprint density at radius 3 is 1.20 bits per heavy atom. The Morgan fingerprint density at radius 1 is 0.435 bits per heavy atom. The zero-order chi connectivity index (χ0) is 30.2. The van der Waals surface area contributed by atoms with E-state index < -0.39 is 17.4 Å². The molecule has 0 aliphatic heterocycles. The number of hydrogen-bond acceptors (Lipinski definition) is 0. The van der Waals surface area contributed by atoms with Crippen LogP contribution in [0.15, 0.2) is 133 Å². The minimum absolute atomic E-state index is 0. The third-order valence-corrected chi connectivity index (χ3v) is 27.9. The molecule has 0 fully saturated rings. The SMILES string of the molecule is CC1=C(c2cccc3ccccc23)[CH]([Zr]([CH3])([CH3])(=[SiH2])[CH]2C(c3cccc4ccccc34)=C(C)c3ccccc32)c2ccccc21.Cl.Cl. The van der Waals surface area contributed by atoms with Crippen LogP contribution in [-0.4, -0.2) is 6.88 Å². The first kappa shape index (κ1) is 32.9. The third kappa shape index (κ3) is 4.79. The van der Waals surface area contributed by atoms with Gasteiger partial charge in [-0.15, -0.1) is 24.8 Å². The monoisotopic (exact) mass is 732 g/mol. The predicted molar refractivity (Wildman–Crippen MR) is 206 cm³/mol. The summed E-state index contributed by atoms with van der Waals surface area (Å²) >= 11 is -3.96. The van der Waals surface area contributed by atoms with Crippen LogP contribution in [0.2, 0.25) is 9.26 Å². The molecule has 0 nitrogen and oxygen atoms in total. The Hall–Kier alpha value is -3.00. The van der Waals surface area contributed by atoms with Gasteiger partial charge in [-0.05, 0) is 0 Å². The van der Waals surface area contributed by atoms with Gasteiger partial charge in [0.05, 0.1) is 0 Å². The Morgan fingerprint density at radius 2 is 0.761 bits per heavy atom. The van der Waals surface area contributed by atoms with Crippen molar-refractivity contribution in [2.45, 2.75) is 30.4 Å². The Bertz CT molecular complexity index is 2140. The van der Waals surface area contributed by atoms with Gasteiger partial charge in [0.25, 0.3) is 0 Å². The molecule has 230 valence electrons. The zero-order valence-corrected chi connectivity index (χ0v) is 32.4. The second-order valence-corrected chi connectivity index (χ2v) is 44.6. The molecule has 4 heteroatoms. The molecule has 0 bridgehead atoms. The first-order valence-electron chi connectivity index (χ1n) is 15.9. The van der Waals surface area contributed by atoms with Crippen LogP contribution in [0.25, 0.3) is 43.8 Å². The summed E-state index contributed by atoms with van der Waals surface area (Å²) in [4.78, 5) is 0. The third-order valence-electron chi connectivity index (χ3n) is 10.8. The van der Waals surface area contributed by atoms with Crippen molar-refractivity contribution >= 4 is 75.5 Å². The maximum Gasteiger partial charge on any atom is -0.147 e. The maximum atomic E-state index is 2.77. The standard InChI is InChI=1S/2C20H15.2CH3.2ClH.H2Si.Zr/c2*1-14-17-10-4-3-8-16(17)13-20(14)19-12-6-9-15-7-2-5-11-18(15)19;;;;;;/h2*2-13H,1H3;2*1H3;2*1H;1H2;. The van der Waals surface area contributed by atoms with Crippen LogP contribution in [-0.2, 0) is 17.4 Å². The van der Waals surface area contributed by atoms with E-state index in [9.17, 15) is 0 Å². The molecule has 0 N–H and O–H groups in total. The van der Waals surface area contributed by atoms with Crippen molar-refractivity contribution in [3.8, 4) is 0 Å². The maximum absolute atomic E-state index is 3.96. The number of benzene rings is 6. The van der Waals surface area contributed by atoms with Crippen LogP contribution >= 0.6 is 24.8 Å². The number of allylic oxidation sites excluding steroid dienone is 4. The second kappa shape index (κ2) is 11.9. The van der Waals surface area contributed by atoms with Gasteiger partial charge in [0.2, 0.25) is 0 Å². The Kier molecular flexibility index (Phi) is 8.52. The molecule has 8 rings (SSSR count). The molecule has 0 spiro atoms. The zero-order valence-electron chi connectivity index (χ0n) is 26.9. The van der Waals surface area contributed by atoms with Gasteiger partial charge in [-0.25, -0.2) is 0 Å². The van der Waals surface area contributed by atoms with E-state index >= 15 is 0 Å². The molecule has 0 aromatic heterocycles. The van der Waals surface area contributed by atoms with E-state index in [1.54, 1.807) is 11.1 Å². The molecule has 0 saturated carbocycles. The molecule has 2 aliphatic rings. The van der Waals surface area contributed by atoms with Crippen molar-refractivity contribution in [3.63, 3.8) is 0 Å². The first-order chi connectivity index (χ1) is 21.2. The molecule has 2 atom stereocenters. The van der Waals surface area contributed by atoms with Crippen molar-refractivity contribution in [2.75, 3.05) is 0 Å². The minimum Gasteiger partial charge on any atom is -0.147 e. The fraction of sp³-hybridized carbons (Fsp3) is 0.143. The van der Waals surface area contributed by atoms with Crippen molar-refractivity contribution < 1.29 is 17.4 Å². The fourth-order valence-corrected chi connectivity index (χ4v) is 27.6. The van der Waals surface area contributed by atoms with Gasteiger partial charge in [-0.1, -0.05) is 0 Å². The summed E-state index contributed by atoms with van der Waals surface area (Å²) in [5, 5.41) is 5.37. The Labute approximate surface area is 287 Å². The molecule has 46 heavy (non-hydrogen) atoms. The van der Waals surface area contributed by atoms with Crippen molar-refractivity contribution in [1.82, 2.24) is 0 Å². The Balaban J connectivity index is 0.00000186. The molecular weight excluding hydrogens is 695 g/mol. The summed E-state index contributed by atoms with van der Waals surface area (Å²) in [5.41, 5.74) is 14.8. The van der Waals surface area contributed by atoms with Gasteiger partial charge in [0.1, 0.15) is 0 Å². The molecule has 0 radical (unpaired) electrons. The largest absolute Gasteiger partial charge is 0.147 e. The summed E-state index contributed by atoms with van der Waals surface area (Å²) < 4.78 is 6.34. The quantitative estimate of drug-likeness (QED) is 0.158. The van der Waals surface area contributed by atoms with Crippen LogP contribution in [0.1, 0.15) is 54.5 Å². The summed E-state index contributed by atoms with van der Waals surface area (Å²) in [6.07, 6.45) is 0. The number of rotatable bonds is 4. The van der Waals surface area contributed by atoms with Crippen molar-refractivity contribution in [1.29, 1.82) is 0 Å². The van der Waals surface area contributed by atoms with Gasteiger partial charge >= 0.3 is 265 Å². The molecule has 0 heterocycles. The van der Waals surface area contributed by atoms with Crippen LogP contribution in [0.3, 0.4) is 0 Å². The van der Waals surface area contributed by atoms with E-state index in [1.165, 1.54) is 66.1 Å². The predicted octanol–water partition coefficient (Wildman–Crippen LogP) is 11.8. The molecule has 6 aromatic rings. The van der Waals surface area contributed by atoms with Gasteiger partial charge < -0.3 is 0 Å². The van der Waals surface area contributed by atoms with Crippen LogP contribution < -0.4 is 0 Å². The van der Waals surface area contributed by atoms with Gasteiger partial charge in [-0.2, -0.15) is 0 Å². The van der Waals surface area contributed by atoms with Crippen LogP contribution in [0.4, 0.5) is 0 Å². The van der Waals surface area contributed by atoms with E-state index in [0.717, 1.165) is 0 Å². The summed E-state index contributed by atoms with van der Waals surface area (Å²) in [7, 11) is 0. The van der Waals surface area contributed by atoms with Gasteiger partial charge in [0, 0.05) is 0 Å². The number of hydrogen-bond donors (Lipinski definition) is 0.